The van der Waals surface area contributed by atoms with E-state index >= 15 is 0 Å². The van der Waals surface area contributed by atoms with E-state index in [4.69, 9.17) is 0 Å². The molecule has 0 atom stereocenters. The van der Waals surface area contributed by atoms with Crippen LogP contribution >= 0.6 is 0 Å². The number of fused-ring (bicyclic) bond motifs is 1. The fraction of sp³-hybridized carbons (Fsp3) is 0.300. The molecular formula is C20H22. The van der Waals surface area contributed by atoms with E-state index in [1.54, 1.807) is 5.57 Å². The van der Waals surface area contributed by atoms with Crippen molar-refractivity contribution in [2.24, 2.45) is 0 Å². The van der Waals surface area contributed by atoms with Gasteiger partial charge in [-0.25, -0.2) is 0 Å². The van der Waals surface area contributed by atoms with Crippen molar-refractivity contribution >= 4 is 16.3 Å². The van der Waals surface area contributed by atoms with Gasteiger partial charge in [0.2, 0.25) is 0 Å². The molecule has 102 valence electrons. The van der Waals surface area contributed by atoms with E-state index in [1.165, 1.54) is 46.7 Å². The largest absolute Gasteiger partial charge is 0.0726 e. The summed E-state index contributed by atoms with van der Waals surface area (Å²) in [5, 5.41) is 2.76. The van der Waals surface area contributed by atoms with Crippen molar-refractivity contribution in [2.45, 2.75) is 39.5 Å². The van der Waals surface area contributed by atoms with E-state index in [2.05, 4.69) is 62.4 Å². The number of unbranched alkanes of at least 4 members (excludes halogenated alkanes) is 1. The van der Waals surface area contributed by atoms with E-state index in [-0.39, 0.29) is 0 Å². The predicted octanol–water partition coefficient (Wildman–Crippen LogP) is 6.05. The molecule has 2 aromatic carbocycles. The Kier molecular flexibility index (Phi) is 3.73. The van der Waals surface area contributed by atoms with Crippen molar-refractivity contribution in [3.8, 4) is 0 Å². The second-order valence-corrected chi connectivity index (χ2v) is 5.75. The first-order valence-electron chi connectivity index (χ1n) is 7.68. The van der Waals surface area contributed by atoms with Crippen LogP contribution < -0.4 is 0 Å². The maximum absolute atomic E-state index is 2.41. The van der Waals surface area contributed by atoms with Crippen LogP contribution in [0, 0.1) is 6.92 Å². The summed E-state index contributed by atoms with van der Waals surface area (Å²) in [7, 11) is 0. The second-order valence-electron chi connectivity index (χ2n) is 5.75. The van der Waals surface area contributed by atoms with Crippen LogP contribution in [0.25, 0.3) is 16.3 Å². The molecule has 20 heavy (non-hydrogen) atoms. The molecule has 1 aliphatic rings. The molecule has 0 fully saturated rings. The van der Waals surface area contributed by atoms with Crippen LogP contribution in [0.3, 0.4) is 0 Å². The maximum atomic E-state index is 2.41. The Balaban J connectivity index is 2.00. The van der Waals surface area contributed by atoms with Gasteiger partial charge >= 0.3 is 0 Å². The lowest BCUT2D eigenvalue weighted by molar-refractivity contribution is 0.779. The minimum Gasteiger partial charge on any atom is -0.0726 e. The number of hydrogen-bond donors (Lipinski definition) is 0. The summed E-state index contributed by atoms with van der Waals surface area (Å²) in [6.07, 6.45) is 9.77. The van der Waals surface area contributed by atoms with E-state index in [9.17, 15) is 0 Å². The van der Waals surface area contributed by atoms with Crippen molar-refractivity contribution in [1.29, 1.82) is 0 Å². The highest BCUT2D eigenvalue weighted by Gasteiger charge is 2.11. The van der Waals surface area contributed by atoms with Gasteiger partial charge in [0, 0.05) is 0 Å². The molecule has 0 unspecified atom stereocenters. The van der Waals surface area contributed by atoms with Crippen molar-refractivity contribution in [3.05, 3.63) is 65.3 Å². The van der Waals surface area contributed by atoms with Gasteiger partial charge in [0.05, 0.1) is 0 Å². The zero-order chi connectivity index (χ0) is 13.9. The molecule has 0 heterocycles. The SMILES string of the molecule is CCCCC1=CC(c2ccc(C)c3ccccc23)=CC1. The van der Waals surface area contributed by atoms with E-state index in [0.717, 1.165) is 6.42 Å². The van der Waals surface area contributed by atoms with E-state index in [0.29, 0.717) is 0 Å². The number of benzene rings is 2. The zero-order valence-corrected chi connectivity index (χ0v) is 12.4. The third-order valence-corrected chi connectivity index (χ3v) is 4.25. The monoisotopic (exact) mass is 262 g/mol. The predicted molar refractivity (Wildman–Crippen MR) is 88.9 cm³/mol. The molecule has 3 rings (SSSR count). The summed E-state index contributed by atoms with van der Waals surface area (Å²) in [6, 6.07) is 13.3. The topological polar surface area (TPSA) is 0 Å². The molecule has 0 aliphatic heterocycles. The van der Waals surface area contributed by atoms with E-state index < -0.39 is 0 Å². The van der Waals surface area contributed by atoms with Gasteiger partial charge in [0.1, 0.15) is 0 Å². The van der Waals surface area contributed by atoms with Gasteiger partial charge < -0.3 is 0 Å². The third-order valence-electron chi connectivity index (χ3n) is 4.25. The Labute approximate surface area is 121 Å². The van der Waals surface area contributed by atoms with Crippen LogP contribution in [-0.4, -0.2) is 0 Å². The second kappa shape index (κ2) is 5.66. The van der Waals surface area contributed by atoms with Crippen molar-refractivity contribution < 1.29 is 0 Å². The molecule has 0 saturated carbocycles. The van der Waals surface area contributed by atoms with Crippen LogP contribution in [0.15, 0.2) is 54.1 Å². The third kappa shape index (κ3) is 2.43. The van der Waals surface area contributed by atoms with Crippen LogP contribution in [0.4, 0.5) is 0 Å². The molecule has 1 aliphatic carbocycles. The zero-order valence-electron chi connectivity index (χ0n) is 12.4. The first kappa shape index (κ1) is 13.2. The number of rotatable bonds is 4. The van der Waals surface area contributed by atoms with Gasteiger partial charge in [0.25, 0.3) is 0 Å². The average Bonchev–Trinajstić information content (AvgIpc) is 2.94. The highest BCUT2D eigenvalue weighted by atomic mass is 14.2. The summed E-state index contributed by atoms with van der Waals surface area (Å²) in [5.74, 6) is 0. The summed E-state index contributed by atoms with van der Waals surface area (Å²) >= 11 is 0. The number of hydrogen-bond acceptors (Lipinski definition) is 0. The van der Waals surface area contributed by atoms with Gasteiger partial charge in [0.15, 0.2) is 0 Å². The van der Waals surface area contributed by atoms with Crippen molar-refractivity contribution in [1.82, 2.24) is 0 Å². The van der Waals surface area contributed by atoms with Crippen LogP contribution in [0.1, 0.15) is 43.7 Å². The molecule has 0 amide bonds. The van der Waals surface area contributed by atoms with Crippen LogP contribution in [0.2, 0.25) is 0 Å². The molecular weight excluding hydrogens is 240 g/mol. The Bertz CT molecular complexity index is 686. The summed E-state index contributed by atoms with van der Waals surface area (Å²) < 4.78 is 0. The fourth-order valence-corrected chi connectivity index (χ4v) is 3.05. The fourth-order valence-electron chi connectivity index (χ4n) is 3.05. The van der Waals surface area contributed by atoms with Gasteiger partial charge in [-0.1, -0.05) is 67.5 Å². The molecule has 0 bridgehead atoms. The standard InChI is InChI=1S/C20H22/c1-3-4-7-16-11-12-17(14-16)19-13-10-15(2)18-8-5-6-9-20(18)19/h5-6,8-10,12-14H,3-4,7,11H2,1-2H3. The Hall–Kier alpha value is -1.82. The maximum Gasteiger partial charge on any atom is -0.0103 e. The van der Waals surface area contributed by atoms with Gasteiger partial charge in [-0.2, -0.15) is 0 Å². The molecule has 0 aromatic heterocycles. The first-order valence-corrected chi connectivity index (χ1v) is 7.68. The number of allylic oxidation sites excluding steroid dienone is 4. The lowest BCUT2D eigenvalue weighted by atomic mass is 9.96. The van der Waals surface area contributed by atoms with Crippen molar-refractivity contribution in [2.75, 3.05) is 0 Å². The minimum atomic E-state index is 1.14. The lowest BCUT2D eigenvalue weighted by Crippen LogP contribution is -1.86. The molecule has 0 N–H and O–H groups in total. The normalized spacial score (nSPS) is 14.5. The molecule has 0 radical (unpaired) electrons. The van der Waals surface area contributed by atoms with Gasteiger partial charge in [-0.15, -0.1) is 0 Å². The Morgan fingerprint density at radius 2 is 1.80 bits per heavy atom. The molecule has 0 heteroatoms. The van der Waals surface area contributed by atoms with Crippen molar-refractivity contribution in [3.63, 3.8) is 0 Å². The highest BCUT2D eigenvalue weighted by molar-refractivity contribution is 5.98. The summed E-state index contributed by atoms with van der Waals surface area (Å²) in [4.78, 5) is 0. The highest BCUT2D eigenvalue weighted by Crippen LogP contribution is 2.33. The minimum absolute atomic E-state index is 1.14. The van der Waals surface area contributed by atoms with Gasteiger partial charge in [-0.3, -0.25) is 0 Å². The van der Waals surface area contributed by atoms with E-state index in [1.807, 2.05) is 0 Å². The molecule has 0 nitrogen and oxygen atoms in total. The van der Waals surface area contributed by atoms with Crippen LogP contribution in [-0.2, 0) is 0 Å². The molecule has 0 saturated heterocycles. The average molecular weight is 262 g/mol. The van der Waals surface area contributed by atoms with Crippen LogP contribution in [0.5, 0.6) is 0 Å². The Morgan fingerprint density at radius 3 is 2.60 bits per heavy atom. The smallest absolute Gasteiger partial charge is 0.0103 e. The summed E-state index contributed by atoms with van der Waals surface area (Å²) in [5.41, 5.74) is 5.75. The number of aryl methyl sites for hydroxylation is 1. The summed E-state index contributed by atoms with van der Waals surface area (Å²) in [6.45, 7) is 4.45. The molecule has 0 spiro atoms. The first-order chi connectivity index (χ1) is 9.79. The molecule has 2 aromatic rings. The Morgan fingerprint density at radius 1 is 1.00 bits per heavy atom. The lowest BCUT2D eigenvalue weighted by Gasteiger charge is -2.09. The van der Waals surface area contributed by atoms with Gasteiger partial charge in [-0.05, 0) is 53.7 Å². The quantitative estimate of drug-likeness (QED) is 0.629.